The number of hydrogen-bond donors (Lipinski definition) is 3. The van der Waals surface area contributed by atoms with Gasteiger partial charge in [-0.2, -0.15) is 0 Å². The summed E-state index contributed by atoms with van der Waals surface area (Å²) in [5, 5.41) is 17.3. The van der Waals surface area contributed by atoms with Gasteiger partial charge in [-0.05, 0) is 39.9 Å². The molecule has 1 unspecified atom stereocenters. The van der Waals surface area contributed by atoms with E-state index in [1.807, 2.05) is 6.92 Å². The van der Waals surface area contributed by atoms with Crippen LogP contribution >= 0.6 is 24.0 Å². The third-order valence-electron chi connectivity index (χ3n) is 4.43. The van der Waals surface area contributed by atoms with Gasteiger partial charge in [0.2, 0.25) is 0 Å². The molecule has 1 fully saturated rings. The molecule has 0 aromatic rings. The van der Waals surface area contributed by atoms with Crippen LogP contribution in [-0.4, -0.2) is 98.6 Å². The number of morpholine rings is 1. The van der Waals surface area contributed by atoms with Gasteiger partial charge in [0.25, 0.3) is 0 Å². The Hall–Kier alpha value is -0.160. The first-order valence-electron chi connectivity index (χ1n) is 9.77. The summed E-state index contributed by atoms with van der Waals surface area (Å²) in [6.07, 6.45) is 1.08. The summed E-state index contributed by atoms with van der Waals surface area (Å²) in [7, 11) is 0. The number of β-amino-alcohol motifs (C(OH)–C–C–N with tert-alkyl or cyclic N) is 1. The number of nitrogens with one attached hydrogen (secondary N) is 2. The van der Waals surface area contributed by atoms with Gasteiger partial charge in [0.15, 0.2) is 5.96 Å². The molecule has 0 amide bonds. The van der Waals surface area contributed by atoms with Crippen LogP contribution in [0, 0.1) is 0 Å². The molecule has 1 aliphatic rings. The zero-order valence-corrected chi connectivity index (χ0v) is 19.4. The Morgan fingerprint density at radius 2 is 1.85 bits per heavy atom. The highest BCUT2D eigenvalue weighted by Gasteiger charge is 2.25. The minimum atomic E-state index is -0.832. The van der Waals surface area contributed by atoms with E-state index in [1.54, 1.807) is 0 Å². The summed E-state index contributed by atoms with van der Waals surface area (Å²) in [5.41, 5.74) is -0.832. The average Bonchev–Trinajstić information content (AvgIpc) is 2.60. The van der Waals surface area contributed by atoms with Gasteiger partial charge < -0.3 is 25.4 Å². The molecule has 26 heavy (non-hydrogen) atoms. The van der Waals surface area contributed by atoms with Gasteiger partial charge >= 0.3 is 0 Å². The second-order valence-corrected chi connectivity index (χ2v) is 6.89. The van der Waals surface area contributed by atoms with Crippen molar-refractivity contribution in [1.29, 1.82) is 0 Å². The van der Waals surface area contributed by atoms with E-state index in [0.29, 0.717) is 13.1 Å². The minimum absolute atomic E-state index is 0. The summed E-state index contributed by atoms with van der Waals surface area (Å²) in [5.74, 6) is 0.782. The second-order valence-electron chi connectivity index (χ2n) is 6.89. The van der Waals surface area contributed by atoms with Crippen molar-refractivity contribution in [2.24, 2.45) is 4.99 Å². The predicted octanol–water partition coefficient (Wildman–Crippen LogP) is 0.975. The Morgan fingerprint density at radius 1 is 1.19 bits per heavy atom. The normalized spacial score (nSPS) is 18.3. The lowest BCUT2D eigenvalue weighted by molar-refractivity contribution is -0.0179. The lowest BCUT2D eigenvalue weighted by Crippen LogP contribution is -2.48. The third-order valence-corrected chi connectivity index (χ3v) is 4.43. The molecular formula is C18H40IN5O2. The molecule has 1 rings (SSSR count). The maximum atomic E-state index is 10.6. The molecule has 1 aliphatic heterocycles. The smallest absolute Gasteiger partial charge is 0.191 e. The van der Waals surface area contributed by atoms with Crippen LogP contribution in [0.2, 0.25) is 0 Å². The predicted molar refractivity (Wildman–Crippen MR) is 120 cm³/mol. The second kappa shape index (κ2) is 14.8. The number of rotatable bonds is 11. The minimum Gasteiger partial charge on any atom is -0.387 e. The first-order chi connectivity index (χ1) is 12.0. The molecule has 0 aliphatic carbocycles. The quantitative estimate of drug-likeness (QED) is 0.175. The van der Waals surface area contributed by atoms with Crippen molar-refractivity contribution in [2.45, 2.75) is 39.7 Å². The maximum absolute atomic E-state index is 10.6. The van der Waals surface area contributed by atoms with Crippen molar-refractivity contribution >= 4 is 29.9 Å². The Balaban J connectivity index is 0.00000625. The van der Waals surface area contributed by atoms with Gasteiger partial charge in [0, 0.05) is 32.7 Å². The van der Waals surface area contributed by atoms with Gasteiger partial charge in [0.1, 0.15) is 0 Å². The Morgan fingerprint density at radius 3 is 2.42 bits per heavy atom. The Labute approximate surface area is 177 Å². The van der Waals surface area contributed by atoms with Gasteiger partial charge in [-0.15, -0.1) is 24.0 Å². The van der Waals surface area contributed by atoms with Crippen LogP contribution in [0.25, 0.3) is 0 Å². The van der Waals surface area contributed by atoms with Crippen LogP contribution in [-0.2, 0) is 4.74 Å². The van der Waals surface area contributed by atoms with E-state index in [1.165, 1.54) is 0 Å². The topological polar surface area (TPSA) is 72.4 Å². The number of aliphatic hydroxyl groups is 1. The third kappa shape index (κ3) is 11.5. The summed E-state index contributed by atoms with van der Waals surface area (Å²) in [4.78, 5) is 9.24. The molecule has 3 N–H and O–H groups in total. The van der Waals surface area contributed by atoms with Crippen LogP contribution in [0.1, 0.15) is 34.1 Å². The largest absolute Gasteiger partial charge is 0.387 e. The highest BCUT2D eigenvalue weighted by Crippen LogP contribution is 2.09. The highest BCUT2D eigenvalue weighted by molar-refractivity contribution is 14.0. The van der Waals surface area contributed by atoms with Crippen molar-refractivity contribution in [3.8, 4) is 0 Å². The maximum Gasteiger partial charge on any atom is 0.191 e. The van der Waals surface area contributed by atoms with Gasteiger partial charge in [-0.3, -0.25) is 9.89 Å². The molecule has 1 heterocycles. The van der Waals surface area contributed by atoms with E-state index in [4.69, 9.17) is 4.74 Å². The van der Waals surface area contributed by atoms with Crippen molar-refractivity contribution in [1.82, 2.24) is 20.4 Å². The van der Waals surface area contributed by atoms with E-state index < -0.39 is 5.60 Å². The molecule has 0 radical (unpaired) electrons. The summed E-state index contributed by atoms with van der Waals surface area (Å²) in [6.45, 7) is 17.5. The number of ether oxygens (including phenoxy) is 1. The lowest BCUT2D eigenvalue weighted by atomic mass is 10.1. The number of nitrogens with zero attached hydrogens (tertiary/aromatic N) is 3. The molecule has 8 heteroatoms. The molecule has 1 saturated heterocycles. The van der Waals surface area contributed by atoms with Crippen LogP contribution < -0.4 is 10.6 Å². The van der Waals surface area contributed by atoms with E-state index in [2.05, 4.69) is 46.2 Å². The molecule has 0 aromatic carbocycles. The summed E-state index contributed by atoms with van der Waals surface area (Å²) in [6, 6.07) is 0. The van der Waals surface area contributed by atoms with Gasteiger partial charge in [-0.1, -0.05) is 13.8 Å². The first-order valence-corrected chi connectivity index (χ1v) is 9.77. The lowest BCUT2D eigenvalue weighted by Gasteiger charge is -2.33. The zero-order valence-electron chi connectivity index (χ0n) is 17.1. The number of aliphatic imine (C=N–C) groups is 1. The SMILES string of the molecule is CCNC(=NCC(C)(O)CN1CCOCC1)NCCCN(CC)CC.I. The van der Waals surface area contributed by atoms with Crippen LogP contribution in [0.15, 0.2) is 4.99 Å². The van der Waals surface area contributed by atoms with Gasteiger partial charge in [0.05, 0.1) is 25.4 Å². The molecule has 7 nitrogen and oxygen atoms in total. The number of halogens is 1. The number of hydrogen-bond acceptors (Lipinski definition) is 5. The fourth-order valence-corrected chi connectivity index (χ4v) is 2.93. The van der Waals surface area contributed by atoms with Crippen LogP contribution in [0.3, 0.4) is 0 Å². The fourth-order valence-electron chi connectivity index (χ4n) is 2.93. The standard InChI is InChI=1S/C18H39N5O2.HI/c1-5-19-17(20-9-8-10-22(6-2)7-3)21-15-18(4,24)16-23-11-13-25-14-12-23;/h24H,5-16H2,1-4H3,(H2,19,20,21);1H. The van der Waals surface area contributed by atoms with Crippen molar-refractivity contribution in [3.05, 3.63) is 0 Å². The van der Waals surface area contributed by atoms with E-state index in [0.717, 1.165) is 71.4 Å². The number of guanidine groups is 1. The molecule has 156 valence electrons. The fraction of sp³-hybridized carbons (Fsp3) is 0.944. The molecule has 0 saturated carbocycles. The van der Waals surface area contributed by atoms with Crippen molar-refractivity contribution in [3.63, 3.8) is 0 Å². The van der Waals surface area contributed by atoms with Crippen molar-refractivity contribution in [2.75, 3.05) is 72.1 Å². The monoisotopic (exact) mass is 485 g/mol. The van der Waals surface area contributed by atoms with E-state index >= 15 is 0 Å². The highest BCUT2D eigenvalue weighted by atomic mass is 127. The van der Waals surface area contributed by atoms with Crippen LogP contribution in [0.4, 0.5) is 0 Å². The van der Waals surface area contributed by atoms with Crippen molar-refractivity contribution < 1.29 is 9.84 Å². The summed E-state index contributed by atoms with van der Waals surface area (Å²) >= 11 is 0. The Kier molecular flexibility index (Phi) is 14.8. The average molecular weight is 485 g/mol. The molecule has 0 bridgehead atoms. The molecular weight excluding hydrogens is 445 g/mol. The summed E-state index contributed by atoms with van der Waals surface area (Å²) < 4.78 is 5.36. The first kappa shape index (κ1) is 25.8. The molecule has 1 atom stereocenters. The Bertz CT molecular complexity index is 373. The van der Waals surface area contributed by atoms with Gasteiger partial charge in [-0.25, -0.2) is 0 Å². The van der Waals surface area contributed by atoms with E-state index in [9.17, 15) is 5.11 Å². The van der Waals surface area contributed by atoms with Crippen LogP contribution in [0.5, 0.6) is 0 Å². The molecule has 0 aromatic heterocycles. The van der Waals surface area contributed by atoms with E-state index in [-0.39, 0.29) is 24.0 Å². The zero-order chi connectivity index (χ0) is 18.5. The molecule has 0 spiro atoms.